The smallest absolute Gasteiger partial charge is 0.348 e. The van der Waals surface area contributed by atoms with Crippen LogP contribution < -0.4 is 27.0 Å². The van der Waals surface area contributed by atoms with E-state index in [-0.39, 0.29) is 47.3 Å². The van der Waals surface area contributed by atoms with E-state index in [1.807, 2.05) is 43.3 Å². The van der Waals surface area contributed by atoms with Crippen molar-refractivity contribution >= 4 is 23.4 Å². The molecule has 0 bridgehead atoms. The highest BCUT2D eigenvalue weighted by molar-refractivity contribution is 5.98. The van der Waals surface area contributed by atoms with E-state index in [9.17, 15) is 36.3 Å². The van der Waals surface area contributed by atoms with Gasteiger partial charge in [0, 0.05) is 41.7 Å². The molecule has 1 saturated carbocycles. The summed E-state index contributed by atoms with van der Waals surface area (Å²) in [6.45, 7) is 4.13. The van der Waals surface area contributed by atoms with Crippen LogP contribution in [0.5, 0.6) is 0 Å². The standard InChI is InChI=1S/C39H43F5N8O3/c1-22-18-28(35(54)48-30-16-17-46-21-30)12-15-31(22)25-6-2-23(3-7-25)19-32(49-34(53)27-8-4-24(20-45)5-9-27)36(55)47-29-13-10-26(11-14-29)33-50-37(52-51-33)38(40,41)39(42,43)44/h2-3,6-7,10-15,18,24,27,30,32,46H,4-5,8-9,16-17,19-21,45H2,1H3,(H,47,55)(H,48,54)(H,49,53)(H,50,51,52)/t24?,27?,30-,32?/m1/s1. The molecule has 3 amide bonds. The van der Waals surface area contributed by atoms with E-state index in [1.54, 1.807) is 11.2 Å². The highest BCUT2D eigenvalue weighted by Crippen LogP contribution is 2.42. The van der Waals surface area contributed by atoms with Crippen molar-refractivity contribution in [2.24, 2.45) is 17.6 Å². The van der Waals surface area contributed by atoms with Crippen molar-refractivity contribution in [1.82, 2.24) is 31.1 Å². The van der Waals surface area contributed by atoms with Crippen molar-refractivity contribution in [3.63, 3.8) is 0 Å². The minimum atomic E-state index is -5.85. The van der Waals surface area contributed by atoms with Crippen LogP contribution in [0.1, 0.15) is 59.4 Å². The SMILES string of the molecule is Cc1cc(C(=O)N[C@@H]2CCNC2)ccc1-c1ccc(CC(NC(=O)C2CCC(CN)CC2)C(=O)Nc2ccc(-c3n[nH]c(C(F)(F)C(F)(F)F)n3)cc2)cc1. The summed E-state index contributed by atoms with van der Waals surface area (Å²) in [6.07, 6.45) is -1.84. The molecular weight excluding hydrogens is 723 g/mol. The van der Waals surface area contributed by atoms with Crippen LogP contribution in [0.2, 0.25) is 0 Å². The fraction of sp³-hybridized carbons (Fsp3) is 0.410. The van der Waals surface area contributed by atoms with Gasteiger partial charge in [-0.1, -0.05) is 30.3 Å². The highest BCUT2D eigenvalue weighted by atomic mass is 19.4. The van der Waals surface area contributed by atoms with Crippen LogP contribution in [-0.4, -0.2) is 70.8 Å². The number of hydrogen-bond donors (Lipinski definition) is 6. The van der Waals surface area contributed by atoms with Gasteiger partial charge in [0.15, 0.2) is 5.82 Å². The van der Waals surface area contributed by atoms with Crippen LogP contribution in [0.25, 0.3) is 22.5 Å². The van der Waals surface area contributed by atoms with Gasteiger partial charge in [-0.2, -0.15) is 27.1 Å². The zero-order chi connectivity index (χ0) is 39.3. The summed E-state index contributed by atoms with van der Waals surface area (Å²) >= 11 is 0. The lowest BCUT2D eigenvalue weighted by atomic mass is 9.81. The van der Waals surface area contributed by atoms with Crippen molar-refractivity contribution in [2.45, 2.75) is 69.6 Å². The Kier molecular flexibility index (Phi) is 12.0. The van der Waals surface area contributed by atoms with Gasteiger partial charge in [0.1, 0.15) is 6.04 Å². The number of carbonyl (C=O) groups is 3. The molecule has 0 radical (unpaired) electrons. The van der Waals surface area contributed by atoms with E-state index >= 15 is 0 Å². The molecule has 1 unspecified atom stereocenters. The zero-order valence-corrected chi connectivity index (χ0v) is 30.1. The fourth-order valence-corrected chi connectivity index (χ4v) is 6.99. The van der Waals surface area contributed by atoms with Gasteiger partial charge in [-0.3, -0.25) is 19.5 Å². The number of nitrogens with zero attached hydrogens (tertiary/aromatic N) is 2. The summed E-state index contributed by atoms with van der Waals surface area (Å²) in [6, 6.07) is 17.9. The Hall–Kier alpha value is -5.22. The summed E-state index contributed by atoms with van der Waals surface area (Å²) in [7, 11) is 0. The topological polar surface area (TPSA) is 167 Å². The molecule has 1 aliphatic carbocycles. The molecule has 4 aromatic rings. The zero-order valence-electron chi connectivity index (χ0n) is 30.1. The monoisotopic (exact) mass is 766 g/mol. The second-order valence-corrected chi connectivity index (χ2v) is 14.3. The Bertz CT molecular complexity index is 1970. The molecule has 2 aliphatic rings. The molecule has 2 heterocycles. The second kappa shape index (κ2) is 16.7. The summed E-state index contributed by atoms with van der Waals surface area (Å²) in [5.41, 5.74) is 10.4. The Morgan fingerprint density at radius 3 is 2.22 bits per heavy atom. The van der Waals surface area contributed by atoms with Crippen molar-refractivity contribution in [3.05, 3.63) is 89.2 Å². The summed E-state index contributed by atoms with van der Waals surface area (Å²) in [5, 5.41) is 17.2. The van der Waals surface area contributed by atoms with Crippen LogP contribution >= 0.6 is 0 Å². The molecule has 1 saturated heterocycles. The van der Waals surface area contributed by atoms with E-state index in [1.165, 1.54) is 24.3 Å². The first kappa shape index (κ1) is 39.5. The van der Waals surface area contributed by atoms with Crippen LogP contribution in [0.4, 0.5) is 27.6 Å². The Morgan fingerprint density at radius 2 is 1.60 bits per heavy atom. The number of carbonyl (C=O) groups excluding carboxylic acids is 3. The van der Waals surface area contributed by atoms with Crippen molar-refractivity contribution in [1.29, 1.82) is 0 Å². The summed E-state index contributed by atoms with van der Waals surface area (Å²) in [4.78, 5) is 43.3. The molecule has 11 nitrogen and oxygen atoms in total. The number of anilines is 1. The molecule has 6 rings (SSSR count). The molecule has 7 N–H and O–H groups in total. The van der Waals surface area contributed by atoms with E-state index in [2.05, 4.69) is 31.3 Å². The Morgan fingerprint density at radius 1 is 0.909 bits per heavy atom. The fourth-order valence-electron chi connectivity index (χ4n) is 6.99. The quantitative estimate of drug-likeness (QED) is 0.102. The third-order valence-corrected chi connectivity index (χ3v) is 10.3. The van der Waals surface area contributed by atoms with E-state index in [0.29, 0.717) is 30.9 Å². The first-order chi connectivity index (χ1) is 26.2. The maximum Gasteiger partial charge on any atom is 0.461 e. The number of benzene rings is 3. The predicted octanol–water partition coefficient (Wildman–Crippen LogP) is 5.62. The number of alkyl halides is 5. The van der Waals surface area contributed by atoms with Gasteiger partial charge < -0.3 is 27.0 Å². The number of aryl methyl sites for hydroxylation is 1. The third kappa shape index (κ3) is 9.36. The minimum absolute atomic E-state index is 0.110. The van der Waals surface area contributed by atoms with Gasteiger partial charge in [-0.05, 0) is 117 Å². The third-order valence-electron chi connectivity index (χ3n) is 10.3. The number of aromatic nitrogens is 3. The lowest BCUT2D eigenvalue weighted by molar-refractivity contribution is -0.292. The maximum absolute atomic E-state index is 13.7. The van der Waals surface area contributed by atoms with Crippen LogP contribution in [0, 0.1) is 18.8 Å². The van der Waals surface area contributed by atoms with Crippen LogP contribution in [0.15, 0.2) is 66.7 Å². The molecular formula is C39H43F5N8O3. The Balaban J connectivity index is 1.15. The minimum Gasteiger partial charge on any atom is -0.348 e. The lowest BCUT2D eigenvalue weighted by Crippen LogP contribution is -2.48. The molecule has 3 aromatic carbocycles. The van der Waals surface area contributed by atoms with E-state index in [0.717, 1.165) is 54.6 Å². The number of halogens is 5. The van der Waals surface area contributed by atoms with E-state index < -0.39 is 29.9 Å². The van der Waals surface area contributed by atoms with Gasteiger partial charge in [0.05, 0.1) is 0 Å². The molecule has 16 heteroatoms. The molecule has 55 heavy (non-hydrogen) atoms. The average molecular weight is 767 g/mol. The van der Waals surface area contributed by atoms with E-state index in [4.69, 9.17) is 5.73 Å². The molecule has 2 atom stereocenters. The van der Waals surface area contributed by atoms with Crippen LogP contribution in [0.3, 0.4) is 0 Å². The largest absolute Gasteiger partial charge is 0.461 e. The number of aromatic amines is 1. The van der Waals surface area contributed by atoms with Gasteiger partial charge in [-0.15, -0.1) is 0 Å². The van der Waals surface area contributed by atoms with Crippen molar-refractivity contribution in [3.8, 4) is 22.5 Å². The number of H-pyrrole nitrogens is 1. The molecule has 0 spiro atoms. The second-order valence-electron chi connectivity index (χ2n) is 14.3. The van der Waals surface area contributed by atoms with Crippen molar-refractivity contribution < 1.29 is 36.3 Å². The van der Waals surface area contributed by atoms with Gasteiger partial charge in [0.25, 0.3) is 5.91 Å². The van der Waals surface area contributed by atoms with Crippen molar-refractivity contribution in [2.75, 3.05) is 25.0 Å². The molecule has 2 fully saturated rings. The number of nitrogens with two attached hydrogens (primary N) is 1. The normalized spacial score (nSPS) is 19.4. The molecule has 1 aliphatic heterocycles. The molecule has 1 aromatic heterocycles. The Labute approximate surface area is 314 Å². The summed E-state index contributed by atoms with van der Waals surface area (Å²) in [5.74, 6) is -8.00. The van der Waals surface area contributed by atoms with Gasteiger partial charge in [0.2, 0.25) is 17.6 Å². The lowest BCUT2D eigenvalue weighted by Gasteiger charge is -2.28. The number of nitrogens with one attached hydrogen (secondary N) is 5. The van der Waals surface area contributed by atoms with Gasteiger partial charge in [-0.25, -0.2) is 4.98 Å². The average Bonchev–Trinajstić information content (AvgIpc) is 3.88. The molecule has 292 valence electrons. The van der Waals surface area contributed by atoms with Gasteiger partial charge >= 0.3 is 12.1 Å². The maximum atomic E-state index is 13.7. The van der Waals surface area contributed by atoms with Crippen LogP contribution in [-0.2, 0) is 21.9 Å². The predicted molar refractivity (Wildman–Crippen MR) is 196 cm³/mol. The first-order valence-electron chi connectivity index (χ1n) is 18.2. The first-order valence-corrected chi connectivity index (χ1v) is 18.2. The number of amides is 3. The number of rotatable bonds is 12. The summed E-state index contributed by atoms with van der Waals surface area (Å²) < 4.78 is 65.8. The number of hydrogen-bond acceptors (Lipinski definition) is 7. The highest BCUT2D eigenvalue weighted by Gasteiger charge is 2.61.